The van der Waals surface area contributed by atoms with E-state index in [1.165, 1.54) is 0 Å². The fourth-order valence-electron chi connectivity index (χ4n) is 4.97. The van der Waals surface area contributed by atoms with E-state index in [0.717, 1.165) is 15.9 Å². The van der Waals surface area contributed by atoms with Crippen LogP contribution in [-0.2, 0) is 15.8 Å². The quantitative estimate of drug-likeness (QED) is 0.242. The maximum Gasteiger partial charge on any atom is 0.408 e. The van der Waals surface area contributed by atoms with Crippen LogP contribution < -0.4 is 15.7 Å². The number of carbonyl (C=O) groups is 1. The molecule has 0 fully saturated rings. The van der Waals surface area contributed by atoms with Crippen LogP contribution in [0.2, 0.25) is 5.04 Å². The molecule has 2 N–H and O–H groups in total. The van der Waals surface area contributed by atoms with E-state index < -0.39 is 26.6 Å². The first kappa shape index (κ1) is 28.4. The monoisotopic (exact) mass is 543 g/mol. The van der Waals surface area contributed by atoms with Crippen molar-refractivity contribution in [1.29, 1.82) is 0 Å². The minimum Gasteiger partial charge on any atom is -0.467 e. The van der Waals surface area contributed by atoms with Crippen LogP contribution in [0, 0.1) is 0 Å². The zero-order chi connectivity index (χ0) is 27.7. The number of alkyl carbamates (subject to hydrolysis) is 1. The number of ether oxygens (including phenoxy) is 1. The number of nitrogens with one attached hydrogen (secondary N) is 1. The van der Waals surface area contributed by atoms with Gasteiger partial charge in [0.05, 0.1) is 25.0 Å². The molecule has 2 atom stereocenters. The SMILES string of the molecule is CC(C)(C)[Si](OC[C@@H](O)C[C@@H](NC(=O)OCc1ccccc1)c1ccco1)(c1ccccc1)c1ccccc1. The van der Waals surface area contributed by atoms with Crippen molar-refractivity contribution in [2.45, 2.75) is 51.0 Å². The Balaban J connectivity index is 1.50. The number of hydrogen-bond donors (Lipinski definition) is 2. The molecule has 0 saturated heterocycles. The molecule has 1 amide bonds. The number of furan rings is 1. The second-order valence-electron chi connectivity index (χ2n) is 10.6. The van der Waals surface area contributed by atoms with Crippen LogP contribution >= 0.6 is 0 Å². The van der Waals surface area contributed by atoms with Crippen molar-refractivity contribution in [1.82, 2.24) is 5.32 Å². The summed E-state index contributed by atoms with van der Waals surface area (Å²) in [5, 5.41) is 16.1. The van der Waals surface area contributed by atoms with E-state index in [0.29, 0.717) is 5.76 Å². The Morgan fingerprint density at radius 2 is 1.44 bits per heavy atom. The number of benzene rings is 3. The summed E-state index contributed by atoms with van der Waals surface area (Å²) in [6.45, 7) is 6.84. The van der Waals surface area contributed by atoms with Gasteiger partial charge in [-0.2, -0.15) is 0 Å². The minimum absolute atomic E-state index is 0.102. The predicted molar refractivity (Wildman–Crippen MR) is 155 cm³/mol. The summed E-state index contributed by atoms with van der Waals surface area (Å²) >= 11 is 0. The zero-order valence-electron chi connectivity index (χ0n) is 22.7. The van der Waals surface area contributed by atoms with Crippen LogP contribution in [-0.4, -0.2) is 32.2 Å². The number of amides is 1. The van der Waals surface area contributed by atoms with Gasteiger partial charge in [0, 0.05) is 6.42 Å². The van der Waals surface area contributed by atoms with Crippen LogP contribution in [0.15, 0.2) is 114 Å². The van der Waals surface area contributed by atoms with Gasteiger partial charge in [-0.3, -0.25) is 0 Å². The lowest BCUT2D eigenvalue weighted by atomic mass is 10.1. The second-order valence-corrected chi connectivity index (χ2v) is 14.9. The number of aliphatic hydroxyl groups excluding tert-OH is 1. The number of carbonyl (C=O) groups excluding carboxylic acids is 1. The van der Waals surface area contributed by atoms with Crippen LogP contribution in [0.25, 0.3) is 0 Å². The summed E-state index contributed by atoms with van der Waals surface area (Å²) in [7, 11) is -2.81. The van der Waals surface area contributed by atoms with Crippen LogP contribution in [0.3, 0.4) is 0 Å². The molecule has 7 heteroatoms. The molecule has 0 saturated carbocycles. The summed E-state index contributed by atoms with van der Waals surface area (Å²) in [5.74, 6) is 0.538. The molecule has 204 valence electrons. The molecule has 0 aliphatic rings. The van der Waals surface area contributed by atoms with Gasteiger partial charge in [0.1, 0.15) is 12.4 Å². The summed E-state index contributed by atoms with van der Waals surface area (Å²) in [4.78, 5) is 12.6. The van der Waals surface area contributed by atoms with Crippen molar-refractivity contribution in [2.24, 2.45) is 0 Å². The third-order valence-corrected chi connectivity index (χ3v) is 11.8. The third kappa shape index (κ3) is 7.06. The molecule has 4 rings (SSSR count). The third-order valence-electron chi connectivity index (χ3n) is 6.81. The lowest BCUT2D eigenvalue weighted by molar-refractivity contribution is 0.0794. The van der Waals surface area contributed by atoms with Gasteiger partial charge >= 0.3 is 6.09 Å². The molecule has 39 heavy (non-hydrogen) atoms. The van der Waals surface area contributed by atoms with Gasteiger partial charge in [-0.05, 0) is 33.1 Å². The molecule has 0 aliphatic carbocycles. The topological polar surface area (TPSA) is 80.9 Å². The van der Waals surface area contributed by atoms with Gasteiger partial charge in [-0.1, -0.05) is 112 Å². The Hall–Kier alpha value is -3.65. The highest BCUT2D eigenvalue weighted by Crippen LogP contribution is 2.37. The molecule has 4 aromatic rings. The molecule has 3 aromatic carbocycles. The van der Waals surface area contributed by atoms with Gasteiger partial charge in [0.2, 0.25) is 0 Å². The molecular weight excluding hydrogens is 506 g/mol. The molecule has 0 aliphatic heterocycles. The predicted octanol–water partition coefficient (Wildman–Crippen LogP) is 5.57. The summed E-state index contributed by atoms with van der Waals surface area (Å²) in [6.07, 6.45) is 0.299. The molecule has 6 nitrogen and oxygen atoms in total. The molecule has 1 heterocycles. The Kier molecular flexibility index (Phi) is 9.40. The maximum atomic E-state index is 12.6. The van der Waals surface area contributed by atoms with E-state index >= 15 is 0 Å². The van der Waals surface area contributed by atoms with E-state index in [1.807, 2.05) is 66.7 Å². The normalized spacial score (nSPS) is 13.4. The fourth-order valence-corrected chi connectivity index (χ4v) is 9.56. The van der Waals surface area contributed by atoms with Crippen molar-refractivity contribution in [3.05, 3.63) is 121 Å². The lowest BCUT2D eigenvalue weighted by Crippen LogP contribution is -2.67. The average Bonchev–Trinajstić information content (AvgIpc) is 3.48. The van der Waals surface area contributed by atoms with Crippen molar-refractivity contribution < 1.29 is 23.5 Å². The highest BCUT2D eigenvalue weighted by atomic mass is 28.4. The highest BCUT2D eigenvalue weighted by molar-refractivity contribution is 6.99. The van der Waals surface area contributed by atoms with E-state index in [-0.39, 0.29) is 24.7 Å². The van der Waals surface area contributed by atoms with Crippen LogP contribution in [0.5, 0.6) is 0 Å². The second kappa shape index (κ2) is 12.9. The smallest absolute Gasteiger partial charge is 0.408 e. The molecule has 0 radical (unpaired) electrons. The summed E-state index contributed by atoms with van der Waals surface area (Å²) < 4.78 is 17.9. The van der Waals surface area contributed by atoms with Gasteiger partial charge in [-0.25, -0.2) is 4.79 Å². The van der Waals surface area contributed by atoms with E-state index in [4.69, 9.17) is 13.6 Å². The number of hydrogen-bond acceptors (Lipinski definition) is 5. The van der Waals surface area contributed by atoms with Gasteiger partial charge in [0.15, 0.2) is 0 Å². The van der Waals surface area contributed by atoms with Gasteiger partial charge < -0.3 is 24.0 Å². The number of aliphatic hydroxyl groups is 1. The molecule has 0 unspecified atom stereocenters. The van der Waals surface area contributed by atoms with Crippen molar-refractivity contribution in [3.63, 3.8) is 0 Å². The highest BCUT2D eigenvalue weighted by Gasteiger charge is 2.50. The summed E-state index contributed by atoms with van der Waals surface area (Å²) in [5.41, 5.74) is 0.890. The van der Waals surface area contributed by atoms with Crippen molar-refractivity contribution in [2.75, 3.05) is 6.61 Å². The first-order valence-electron chi connectivity index (χ1n) is 13.2. The van der Waals surface area contributed by atoms with Crippen LogP contribution in [0.1, 0.15) is 44.6 Å². The zero-order valence-corrected chi connectivity index (χ0v) is 23.7. The van der Waals surface area contributed by atoms with E-state index in [2.05, 4.69) is 50.4 Å². The maximum absolute atomic E-state index is 12.6. The minimum atomic E-state index is -2.81. The van der Waals surface area contributed by atoms with E-state index in [1.54, 1.807) is 18.4 Å². The summed E-state index contributed by atoms with van der Waals surface area (Å²) in [6, 6.07) is 33.0. The van der Waals surface area contributed by atoms with Crippen LogP contribution in [0.4, 0.5) is 4.79 Å². The molecule has 0 spiro atoms. The molecule has 1 aromatic heterocycles. The fraction of sp³-hybridized carbons (Fsp3) is 0.281. The molecule has 0 bridgehead atoms. The first-order valence-corrected chi connectivity index (χ1v) is 15.1. The van der Waals surface area contributed by atoms with E-state index in [9.17, 15) is 9.90 Å². The number of rotatable bonds is 11. The van der Waals surface area contributed by atoms with Gasteiger partial charge in [0.25, 0.3) is 8.32 Å². The lowest BCUT2D eigenvalue weighted by Gasteiger charge is -2.43. The largest absolute Gasteiger partial charge is 0.467 e. The standard InChI is InChI=1S/C32H37NO5Si/c1-32(2,3)39(27-16-9-5-10-17-27,28-18-11-6-12-19-28)38-24-26(34)22-29(30-20-13-21-36-30)33-31(35)37-23-25-14-7-4-8-15-25/h4-21,26,29,34H,22-24H2,1-3H3,(H,33,35)/t26-,29+/m0/s1. The van der Waals surface area contributed by atoms with Gasteiger partial charge in [-0.15, -0.1) is 0 Å². The molecular formula is C32H37NO5Si. The average molecular weight is 544 g/mol. The Morgan fingerprint density at radius 3 is 1.95 bits per heavy atom. The van der Waals surface area contributed by atoms with Crippen molar-refractivity contribution in [3.8, 4) is 0 Å². The first-order chi connectivity index (χ1) is 18.8. The Labute approximate surface area is 231 Å². The van der Waals surface area contributed by atoms with Crippen molar-refractivity contribution >= 4 is 24.8 Å². The Morgan fingerprint density at radius 1 is 0.872 bits per heavy atom. The Bertz CT molecular complexity index is 1240.